The molecule has 3 rings (SSSR count). The lowest BCUT2D eigenvalue weighted by Gasteiger charge is -2.22. The molecule has 0 aliphatic heterocycles. The normalized spacial score (nSPS) is 17.7. The van der Waals surface area contributed by atoms with E-state index in [9.17, 15) is 14.7 Å². The van der Waals surface area contributed by atoms with E-state index < -0.39 is 12.0 Å². The highest BCUT2D eigenvalue weighted by molar-refractivity contribution is 5.92. The third kappa shape index (κ3) is 8.40. The zero-order valence-corrected chi connectivity index (χ0v) is 22.3. The number of nitrogens with one attached hydrogen (secondary N) is 3. The number of methoxy groups -OCH3 is 1. The van der Waals surface area contributed by atoms with Gasteiger partial charge in [0.05, 0.1) is 12.7 Å². The minimum atomic E-state index is -0.418. The second-order valence-corrected chi connectivity index (χ2v) is 10.4. The third-order valence-electron chi connectivity index (χ3n) is 5.63. The average molecular weight is 516 g/mol. The number of carbonyl (C=O) groups excluding carboxylic acids is 2. The van der Waals surface area contributed by atoms with Gasteiger partial charge < -0.3 is 30.0 Å². The van der Waals surface area contributed by atoms with E-state index in [4.69, 9.17) is 14.2 Å². The fraction of sp³-hybridized carbons (Fsp3) is 0.538. The van der Waals surface area contributed by atoms with E-state index in [1.807, 2.05) is 34.6 Å². The number of benzene rings is 1. The highest BCUT2D eigenvalue weighted by Crippen LogP contribution is 2.36. The van der Waals surface area contributed by atoms with Gasteiger partial charge >= 0.3 is 6.09 Å². The molecule has 2 aromatic rings. The highest BCUT2D eigenvalue weighted by Gasteiger charge is 2.30. The van der Waals surface area contributed by atoms with Gasteiger partial charge in [-0.05, 0) is 53.9 Å². The van der Waals surface area contributed by atoms with Crippen LogP contribution in [0.4, 0.5) is 10.6 Å². The number of aromatic amines is 1. The molecule has 37 heavy (non-hydrogen) atoms. The maximum atomic E-state index is 12.5. The number of aliphatic imine (C=N–C) groups is 1. The second kappa shape index (κ2) is 12.0. The van der Waals surface area contributed by atoms with Gasteiger partial charge in [-0.15, -0.1) is 0 Å². The Labute approximate surface area is 217 Å². The number of alkyl carbamates (subject to hydrolysis) is 1. The molecule has 2 amide bonds. The lowest BCUT2D eigenvalue weighted by molar-refractivity contribution is -0.118. The largest absolute Gasteiger partial charge is 0.507 e. The van der Waals surface area contributed by atoms with Gasteiger partial charge in [0.15, 0.2) is 12.4 Å². The van der Waals surface area contributed by atoms with Crippen molar-refractivity contribution in [3.63, 3.8) is 0 Å². The summed E-state index contributed by atoms with van der Waals surface area (Å²) >= 11 is 0. The first-order valence-electron chi connectivity index (χ1n) is 12.3. The number of aromatic hydroxyl groups is 1. The van der Waals surface area contributed by atoms with Crippen molar-refractivity contribution < 1.29 is 28.9 Å². The van der Waals surface area contributed by atoms with Crippen LogP contribution in [0.3, 0.4) is 0 Å². The van der Waals surface area contributed by atoms with Crippen molar-refractivity contribution in [2.45, 2.75) is 77.5 Å². The van der Waals surface area contributed by atoms with Crippen LogP contribution in [0.2, 0.25) is 0 Å². The molecular weight excluding hydrogens is 478 g/mol. The van der Waals surface area contributed by atoms with Crippen molar-refractivity contribution in [2.24, 2.45) is 4.99 Å². The molecule has 1 fully saturated rings. The average Bonchev–Trinajstić information content (AvgIpc) is 3.44. The number of hydrogen-bond donors (Lipinski definition) is 4. The summed E-state index contributed by atoms with van der Waals surface area (Å²) in [6, 6.07) is 4.84. The standard InChI is InChI=1S/C26H37N5O6/c1-15(2)27-13-19-21(32)10-18(35-6)11-22(19)36-14-24(33)28-23-12-20(30-31-23)16-7-8-17(9-16)37-25(34)29-26(3,4)5/h10-13,15-17,32H,7-9,14H2,1-6H3,(H,29,34)(H2,28,30,31,33)/t16-,17+/m0/s1. The monoisotopic (exact) mass is 515 g/mol. The molecule has 11 nitrogen and oxygen atoms in total. The van der Waals surface area contributed by atoms with Crippen LogP contribution in [0.1, 0.15) is 71.1 Å². The van der Waals surface area contributed by atoms with E-state index in [1.54, 1.807) is 12.1 Å². The van der Waals surface area contributed by atoms with E-state index >= 15 is 0 Å². The molecule has 0 unspecified atom stereocenters. The third-order valence-corrected chi connectivity index (χ3v) is 5.63. The molecule has 1 aromatic carbocycles. The highest BCUT2D eigenvalue weighted by atomic mass is 16.6. The number of amides is 2. The van der Waals surface area contributed by atoms with Crippen molar-refractivity contribution in [3.05, 3.63) is 29.5 Å². The van der Waals surface area contributed by atoms with Gasteiger partial charge in [-0.2, -0.15) is 5.10 Å². The van der Waals surface area contributed by atoms with Crippen molar-refractivity contribution in [2.75, 3.05) is 19.0 Å². The number of carbonyl (C=O) groups is 2. The minimum absolute atomic E-state index is 0.0221. The number of nitrogens with zero attached hydrogens (tertiary/aromatic N) is 2. The summed E-state index contributed by atoms with van der Waals surface area (Å²) in [7, 11) is 1.47. The fourth-order valence-corrected chi connectivity index (χ4v) is 3.93. The van der Waals surface area contributed by atoms with Crippen LogP contribution < -0.4 is 20.1 Å². The molecule has 1 aliphatic carbocycles. The Kier molecular flexibility index (Phi) is 9.01. The van der Waals surface area contributed by atoms with E-state index in [2.05, 4.69) is 25.8 Å². The zero-order chi connectivity index (χ0) is 27.2. The maximum Gasteiger partial charge on any atom is 0.407 e. The van der Waals surface area contributed by atoms with Gasteiger partial charge in [-0.25, -0.2) is 4.79 Å². The minimum Gasteiger partial charge on any atom is -0.507 e. The van der Waals surface area contributed by atoms with Gasteiger partial charge in [0, 0.05) is 47.6 Å². The van der Waals surface area contributed by atoms with E-state index in [1.165, 1.54) is 19.4 Å². The van der Waals surface area contributed by atoms with Gasteiger partial charge in [0.25, 0.3) is 5.91 Å². The molecule has 4 N–H and O–H groups in total. The molecule has 0 radical (unpaired) electrons. The summed E-state index contributed by atoms with van der Waals surface area (Å²) in [5.41, 5.74) is 0.868. The summed E-state index contributed by atoms with van der Waals surface area (Å²) in [6.07, 6.45) is 3.20. The second-order valence-electron chi connectivity index (χ2n) is 10.4. The topological polar surface area (TPSA) is 147 Å². The van der Waals surface area contributed by atoms with Gasteiger partial charge in [-0.1, -0.05) is 0 Å². The predicted molar refractivity (Wildman–Crippen MR) is 140 cm³/mol. The molecular formula is C26H37N5O6. The van der Waals surface area contributed by atoms with Gasteiger partial charge in [-0.3, -0.25) is 14.9 Å². The SMILES string of the molecule is COc1cc(O)c(C=NC(C)C)c(OCC(=O)Nc2cc([C@H]3CC[C@@H](OC(=O)NC(C)(C)C)C3)[nH]n2)c1. The Hall–Kier alpha value is -3.76. The Morgan fingerprint density at radius 2 is 2.03 bits per heavy atom. The van der Waals surface area contributed by atoms with E-state index in [-0.39, 0.29) is 41.7 Å². The smallest absolute Gasteiger partial charge is 0.407 e. The van der Waals surface area contributed by atoms with Crippen LogP contribution in [0, 0.1) is 0 Å². The van der Waals surface area contributed by atoms with Crippen molar-refractivity contribution in [1.29, 1.82) is 0 Å². The summed E-state index contributed by atoms with van der Waals surface area (Å²) in [4.78, 5) is 28.9. The van der Waals surface area contributed by atoms with Gasteiger partial charge in [0.2, 0.25) is 0 Å². The van der Waals surface area contributed by atoms with E-state index in [0.717, 1.165) is 18.5 Å². The summed E-state index contributed by atoms with van der Waals surface area (Å²) in [5, 5.41) is 23.0. The summed E-state index contributed by atoms with van der Waals surface area (Å²) in [6.45, 7) is 9.21. The van der Waals surface area contributed by atoms with Crippen molar-refractivity contribution in [1.82, 2.24) is 15.5 Å². The maximum absolute atomic E-state index is 12.5. The number of phenolic OH excluding ortho intramolecular Hbond substituents is 1. The Bertz CT molecular complexity index is 1120. The van der Waals surface area contributed by atoms with Gasteiger partial charge in [0.1, 0.15) is 23.4 Å². The lowest BCUT2D eigenvalue weighted by Crippen LogP contribution is -2.42. The number of hydrogen-bond acceptors (Lipinski definition) is 8. The first-order valence-corrected chi connectivity index (χ1v) is 12.3. The molecule has 1 aromatic heterocycles. The van der Waals surface area contributed by atoms with Crippen molar-refractivity contribution >= 4 is 24.0 Å². The van der Waals surface area contributed by atoms with Crippen LogP contribution in [0.25, 0.3) is 0 Å². The van der Waals surface area contributed by atoms with Crippen LogP contribution in [0.5, 0.6) is 17.2 Å². The molecule has 0 saturated heterocycles. The first-order chi connectivity index (χ1) is 17.4. The first kappa shape index (κ1) is 27.8. The lowest BCUT2D eigenvalue weighted by atomic mass is 10.0. The van der Waals surface area contributed by atoms with Crippen molar-refractivity contribution in [3.8, 4) is 17.2 Å². The zero-order valence-electron chi connectivity index (χ0n) is 22.3. The molecule has 1 heterocycles. The van der Waals surface area contributed by atoms with Crippen LogP contribution in [-0.2, 0) is 9.53 Å². The number of aromatic nitrogens is 2. The number of phenols is 1. The van der Waals surface area contributed by atoms with Crippen LogP contribution in [-0.4, -0.2) is 64.9 Å². The Morgan fingerprint density at radius 3 is 2.70 bits per heavy atom. The van der Waals surface area contributed by atoms with Crippen LogP contribution in [0.15, 0.2) is 23.2 Å². The molecule has 0 spiro atoms. The molecule has 1 saturated carbocycles. The summed E-state index contributed by atoms with van der Waals surface area (Å²) < 4.78 is 16.4. The fourth-order valence-electron chi connectivity index (χ4n) is 3.93. The van der Waals surface area contributed by atoms with Crippen LogP contribution >= 0.6 is 0 Å². The quantitative estimate of drug-likeness (QED) is 0.367. The Balaban J connectivity index is 1.55. The molecule has 1 aliphatic rings. The molecule has 2 atom stereocenters. The molecule has 11 heteroatoms. The summed E-state index contributed by atoms with van der Waals surface area (Å²) in [5.74, 6) is 0.690. The number of rotatable bonds is 9. The van der Waals surface area contributed by atoms with E-state index in [0.29, 0.717) is 23.6 Å². The number of ether oxygens (including phenoxy) is 3. The molecule has 0 bridgehead atoms. The predicted octanol–water partition coefficient (Wildman–Crippen LogP) is 4.13. The Morgan fingerprint density at radius 1 is 1.27 bits per heavy atom. The number of H-pyrrole nitrogens is 1. The molecule has 202 valence electrons. The number of anilines is 1.